The predicted octanol–water partition coefficient (Wildman–Crippen LogP) is 8.43. The van der Waals surface area contributed by atoms with Crippen LogP contribution < -0.4 is 21.1 Å². The molecule has 0 atom stereocenters. The van der Waals surface area contributed by atoms with Crippen LogP contribution in [0.3, 0.4) is 0 Å². The smallest absolute Gasteiger partial charge is 0.255 e. The molecule has 8 heteroatoms. The molecule has 2 amide bonds. The molecule has 1 aromatic heterocycles. The highest BCUT2D eigenvalue weighted by molar-refractivity contribution is 6.08. The largest absolute Gasteiger partial charge is 0.497 e. The number of carbonyl (C=O) groups excluding carboxylic acids is 3. The van der Waals surface area contributed by atoms with Crippen molar-refractivity contribution in [3.63, 3.8) is 0 Å². The second-order valence-electron chi connectivity index (χ2n) is 12.2. The predicted molar refractivity (Wildman–Crippen MR) is 199 cm³/mol. The zero-order valence-corrected chi connectivity index (χ0v) is 28.0. The van der Waals surface area contributed by atoms with E-state index in [0.29, 0.717) is 35.5 Å². The van der Waals surface area contributed by atoms with Crippen molar-refractivity contribution in [3.8, 4) is 16.9 Å². The number of benzene rings is 5. The first-order valence-corrected chi connectivity index (χ1v) is 16.5. The molecule has 0 unspecified atom stereocenters. The molecule has 4 N–H and O–H groups in total. The Bertz CT molecular complexity index is 2180. The van der Waals surface area contributed by atoms with Gasteiger partial charge in [-0.2, -0.15) is 0 Å². The van der Waals surface area contributed by atoms with Gasteiger partial charge in [-0.1, -0.05) is 60.7 Å². The lowest BCUT2D eigenvalue weighted by atomic mass is 9.97. The van der Waals surface area contributed by atoms with Gasteiger partial charge in [0.2, 0.25) is 0 Å². The number of methoxy groups -OCH3 is 1. The maximum Gasteiger partial charge on any atom is 0.255 e. The Kier molecular flexibility index (Phi) is 10.3. The number of primary amides is 1. The van der Waals surface area contributed by atoms with Gasteiger partial charge >= 0.3 is 0 Å². The van der Waals surface area contributed by atoms with Crippen LogP contribution in [-0.2, 0) is 17.6 Å². The van der Waals surface area contributed by atoms with Crippen molar-refractivity contribution in [1.82, 2.24) is 4.98 Å². The summed E-state index contributed by atoms with van der Waals surface area (Å²) in [6.07, 6.45) is 5.33. The number of carbonyl (C=O) groups is 3. The molecular weight excluding hydrogens is 624 g/mol. The van der Waals surface area contributed by atoms with Crippen LogP contribution in [0.25, 0.3) is 22.0 Å². The van der Waals surface area contributed by atoms with Crippen LogP contribution in [0.5, 0.6) is 5.75 Å². The Hall–Kier alpha value is -6.28. The third-order valence-corrected chi connectivity index (χ3v) is 8.64. The number of unbranched alkanes of at least 4 members (excludes halogenated alkanes) is 1. The van der Waals surface area contributed by atoms with Crippen LogP contribution in [0.2, 0.25) is 0 Å². The zero-order chi connectivity index (χ0) is 35.0. The number of aldehydes is 1. The Labute approximate surface area is 291 Å². The number of aryl methyl sites for hydroxylation is 2. The van der Waals surface area contributed by atoms with E-state index in [2.05, 4.69) is 45.9 Å². The lowest BCUT2D eigenvalue weighted by Gasteiger charge is -2.16. The Morgan fingerprint density at radius 3 is 2.28 bits per heavy atom. The molecule has 6 rings (SSSR count). The molecule has 0 saturated carbocycles. The van der Waals surface area contributed by atoms with Gasteiger partial charge in [0, 0.05) is 41.0 Å². The number of nitrogens with one attached hydrogen (secondary N) is 2. The van der Waals surface area contributed by atoms with Crippen molar-refractivity contribution in [2.24, 2.45) is 5.73 Å². The third kappa shape index (κ3) is 7.88. The molecule has 250 valence electrons. The van der Waals surface area contributed by atoms with Crippen molar-refractivity contribution in [1.29, 1.82) is 0 Å². The first kappa shape index (κ1) is 33.6. The van der Waals surface area contributed by atoms with Gasteiger partial charge in [-0.25, -0.2) is 0 Å². The number of nitrogens with zero attached hydrogens (tertiary/aromatic N) is 1. The highest BCUT2D eigenvalue weighted by atomic mass is 16.5. The Balaban J connectivity index is 1.19. The second kappa shape index (κ2) is 15.3. The first-order valence-electron chi connectivity index (χ1n) is 16.5. The molecule has 8 nitrogen and oxygen atoms in total. The fourth-order valence-electron chi connectivity index (χ4n) is 6.08. The maximum absolute atomic E-state index is 13.3. The lowest BCUT2D eigenvalue weighted by Crippen LogP contribution is -2.14. The number of hydrogen-bond donors (Lipinski definition) is 3. The quantitative estimate of drug-likeness (QED) is 0.0843. The summed E-state index contributed by atoms with van der Waals surface area (Å²) in [5.41, 5.74) is 15.6. The van der Waals surface area contributed by atoms with Crippen molar-refractivity contribution < 1.29 is 19.1 Å². The molecule has 0 spiro atoms. The van der Waals surface area contributed by atoms with Gasteiger partial charge in [-0.15, -0.1) is 0 Å². The zero-order valence-electron chi connectivity index (χ0n) is 28.0. The summed E-state index contributed by atoms with van der Waals surface area (Å²) in [5.74, 6) is -0.107. The van der Waals surface area contributed by atoms with Crippen LogP contribution in [0.1, 0.15) is 55.8 Å². The molecule has 50 heavy (non-hydrogen) atoms. The molecule has 0 bridgehead atoms. The third-order valence-electron chi connectivity index (χ3n) is 8.64. The number of anilines is 3. The van der Waals surface area contributed by atoms with Gasteiger partial charge in [-0.3, -0.25) is 14.6 Å². The van der Waals surface area contributed by atoms with Crippen molar-refractivity contribution in [3.05, 3.63) is 149 Å². The summed E-state index contributed by atoms with van der Waals surface area (Å²) in [5, 5.41) is 7.16. The molecule has 6 aromatic rings. The van der Waals surface area contributed by atoms with Crippen LogP contribution in [0.4, 0.5) is 17.1 Å². The fraction of sp³-hybridized carbons (Fsp3) is 0.143. The summed E-state index contributed by atoms with van der Waals surface area (Å²) in [6.45, 7) is 1.99. The maximum atomic E-state index is 13.3. The van der Waals surface area contributed by atoms with E-state index in [0.717, 1.165) is 63.5 Å². The van der Waals surface area contributed by atoms with Gasteiger partial charge in [-0.05, 0) is 102 Å². The summed E-state index contributed by atoms with van der Waals surface area (Å²) in [4.78, 5) is 40.9. The topological polar surface area (TPSA) is 123 Å². The highest BCUT2D eigenvalue weighted by Crippen LogP contribution is 2.33. The minimum absolute atomic E-state index is 0.200. The number of amides is 2. The SMILES string of the molecule is COc1cccc(Nc2c(C(N)=O)cnc3c(C)cc(Cc4cccc(C(=O)Nc5ccc(-c6ccc(CCCC=O)cc6)cc5)c4)cc23)c1. The van der Waals surface area contributed by atoms with Crippen molar-refractivity contribution >= 4 is 46.1 Å². The number of fused-ring (bicyclic) bond motifs is 1. The second-order valence-corrected chi connectivity index (χ2v) is 12.2. The Morgan fingerprint density at radius 1 is 0.820 bits per heavy atom. The minimum Gasteiger partial charge on any atom is -0.497 e. The van der Waals surface area contributed by atoms with Gasteiger partial charge in [0.15, 0.2) is 0 Å². The van der Waals surface area contributed by atoms with E-state index in [4.69, 9.17) is 10.5 Å². The van der Waals surface area contributed by atoms with E-state index in [-0.39, 0.29) is 11.5 Å². The van der Waals surface area contributed by atoms with E-state index >= 15 is 0 Å². The van der Waals surface area contributed by atoms with Gasteiger partial charge in [0.1, 0.15) is 12.0 Å². The summed E-state index contributed by atoms with van der Waals surface area (Å²) < 4.78 is 5.38. The van der Waals surface area contributed by atoms with Gasteiger partial charge < -0.3 is 25.9 Å². The van der Waals surface area contributed by atoms with E-state index in [1.807, 2.05) is 79.7 Å². The average molecular weight is 663 g/mol. The monoisotopic (exact) mass is 662 g/mol. The standard InChI is InChI=1S/C42H38N4O4/c1-27-21-30(24-37-39(27)44-26-38(41(43)48)40(37)45-35-10-6-11-36(25-35)50-2)22-29-8-5-9-33(23-29)42(49)46-34-18-16-32(17-19-34)31-14-12-28(13-15-31)7-3-4-20-47/h5-6,8-21,23-26H,3-4,7,22H2,1-2H3,(H2,43,48)(H,44,45)(H,46,49). The summed E-state index contributed by atoms with van der Waals surface area (Å²) in [7, 11) is 1.60. The normalized spacial score (nSPS) is 10.8. The highest BCUT2D eigenvalue weighted by Gasteiger charge is 2.17. The number of rotatable bonds is 13. The number of pyridine rings is 1. The molecule has 0 fully saturated rings. The fourth-order valence-corrected chi connectivity index (χ4v) is 6.08. The van der Waals surface area contributed by atoms with E-state index in [9.17, 15) is 14.4 Å². The molecule has 0 aliphatic carbocycles. The van der Waals surface area contributed by atoms with Crippen LogP contribution >= 0.6 is 0 Å². The molecule has 1 heterocycles. The lowest BCUT2D eigenvalue weighted by molar-refractivity contribution is -0.107. The van der Waals surface area contributed by atoms with Crippen molar-refractivity contribution in [2.75, 3.05) is 17.7 Å². The Morgan fingerprint density at radius 2 is 1.56 bits per heavy atom. The van der Waals surface area contributed by atoms with Crippen LogP contribution in [0.15, 0.2) is 115 Å². The number of hydrogen-bond acceptors (Lipinski definition) is 6. The molecular formula is C42H38N4O4. The summed E-state index contributed by atoms with van der Waals surface area (Å²) in [6, 6.07) is 35.2. The molecule has 5 aromatic carbocycles. The van der Waals surface area contributed by atoms with Crippen LogP contribution in [-0.4, -0.2) is 30.2 Å². The average Bonchev–Trinajstić information content (AvgIpc) is 3.13. The minimum atomic E-state index is -0.585. The number of nitrogens with two attached hydrogens (primary N) is 1. The van der Waals surface area contributed by atoms with Crippen LogP contribution in [0, 0.1) is 6.92 Å². The molecule has 0 saturated heterocycles. The first-order chi connectivity index (χ1) is 24.3. The number of ether oxygens (including phenoxy) is 1. The summed E-state index contributed by atoms with van der Waals surface area (Å²) >= 11 is 0. The van der Waals surface area contributed by atoms with Gasteiger partial charge in [0.25, 0.3) is 11.8 Å². The molecule has 0 aliphatic rings. The van der Waals surface area contributed by atoms with E-state index in [1.165, 1.54) is 11.8 Å². The van der Waals surface area contributed by atoms with E-state index < -0.39 is 5.91 Å². The number of aromatic nitrogens is 1. The molecule has 0 radical (unpaired) electrons. The molecule has 0 aliphatic heterocycles. The van der Waals surface area contributed by atoms with Gasteiger partial charge in [0.05, 0.1) is 23.9 Å². The van der Waals surface area contributed by atoms with E-state index in [1.54, 1.807) is 13.2 Å². The van der Waals surface area contributed by atoms with Crippen molar-refractivity contribution in [2.45, 2.75) is 32.6 Å².